The first kappa shape index (κ1) is 12.6. The van der Waals surface area contributed by atoms with Crippen molar-refractivity contribution in [2.45, 2.75) is 0 Å². The summed E-state index contributed by atoms with van der Waals surface area (Å²) in [5, 5.41) is 12.5. The predicted octanol–water partition coefficient (Wildman–Crippen LogP) is 1.59. The van der Waals surface area contributed by atoms with Crippen LogP contribution >= 0.6 is 11.6 Å². The van der Waals surface area contributed by atoms with E-state index in [2.05, 4.69) is 20.4 Å². The number of rotatable bonds is 1. The highest BCUT2D eigenvalue weighted by Gasteiger charge is 2.37. The van der Waals surface area contributed by atoms with Crippen molar-refractivity contribution in [3.05, 3.63) is 29.5 Å². The first-order chi connectivity index (χ1) is 10.8. The fourth-order valence-corrected chi connectivity index (χ4v) is 3.92. The normalized spacial score (nSPS) is 24.5. The predicted molar refractivity (Wildman–Crippen MR) is 85.4 cm³/mol. The van der Waals surface area contributed by atoms with Crippen LogP contribution in [0.3, 0.4) is 0 Å². The Morgan fingerprint density at radius 2 is 2.00 bits per heavy atom. The molecule has 0 saturated carbocycles. The summed E-state index contributed by atoms with van der Waals surface area (Å²) in [5.74, 6) is 2.36. The Kier molecular flexibility index (Phi) is 2.60. The van der Waals surface area contributed by atoms with Crippen LogP contribution in [-0.2, 0) is 0 Å². The number of halogens is 1. The second-order valence-electron chi connectivity index (χ2n) is 6.18. The van der Waals surface area contributed by atoms with E-state index < -0.39 is 0 Å². The van der Waals surface area contributed by atoms with Gasteiger partial charge in [-0.05, 0) is 30.0 Å². The molecule has 5 rings (SSSR count). The van der Waals surface area contributed by atoms with E-state index in [0.29, 0.717) is 16.9 Å². The zero-order chi connectivity index (χ0) is 14.7. The molecule has 2 aliphatic heterocycles. The van der Waals surface area contributed by atoms with Crippen molar-refractivity contribution < 1.29 is 0 Å². The monoisotopic (exact) mass is 314 g/mol. The van der Waals surface area contributed by atoms with Crippen LogP contribution in [0.15, 0.2) is 24.5 Å². The summed E-state index contributed by atoms with van der Waals surface area (Å²) in [6.45, 7) is 4.28. The van der Waals surface area contributed by atoms with E-state index in [1.165, 1.54) is 0 Å². The lowest BCUT2D eigenvalue weighted by Crippen LogP contribution is -2.26. The largest absolute Gasteiger partial charge is 0.353 e. The Bertz CT molecular complexity index is 863. The maximum Gasteiger partial charge on any atom is 0.204 e. The van der Waals surface area contributed by atoms with Gasteiger partial charge in [-0.3, -0.25) is 4.40 Å². The van der Waals surface area contributed by atoms with Gasteiger partial charge in [0.1, 0.15) is 6.33 Å². The number of hydrogen-bond acceptors (Lipinski definition) is 5. The zero-order valence-electron chi connectivity index (χ0n) is 11.9. The third-order valence-corrected chi connectivity index (χ3v) is 5.10. The van der Waals surface area contributed by atoms with E-state index in [4.69, 9.17) is 16.6 Å². The van der Waals surface area contributed by atoms with Gasteiger partial charge in [-0.25, -0.2) is 4.98 Å². The molecule has 2 aromatic heterocycles. The molecule has 0 aliphatic carbocycles. The molecule has 0 spiro atoms. The second-order valence-corrected chi connectivity index (χ2v) is 6.61. The van der Waals surface area contributed by atoms with Crippen molar-refractivity contribution in [1.82, 2.24) is 24.9 Å². The second kappa shape index (κ2) is 4.54. The molecular formula is C15H15ClN6. The number of fused-ring (bicyclic) bond motifs is 4. The molecule has 0 amide bonds. The molecule has 112 valence electrons. The molecule has 2 fully saturated rings. The minimum Gasteiger partial charge on any atom is -0.353 e. The average molecular weight is 315 g/mol. The molecule has 2 saturated heterocycles. The number of aromatic nitrogens is 4. The number of nitrogens with zero attached hydrogens (tertiary/aromatic N) is 5. The molecule has 22 heavy (non-hydrogen) atoms. The summed E-state index contributed by atoms with van der Waals surface area (Å²) in [6.07, 6.45) is 1.73. The minimum atomic E-state index is 0.693. The molecule has 6 nitrogen and oxygen atoms in total. The van der Waals surface area contributed by atoms with Crippen LogP contribution in [0.2, 0.25) is 5.02 Å². The van der Waals surface area contributed by atoms with Gasteiger partial charge in [-0.1, -0.05) is 11.6 Å². The first-order valence-corrected chi connectivity index (χ1v) is 7.92. The molecule has 2 aliphatic rings. The van der Waals surface area contributed by atoms with Crippen molar-refractivity contribution in [3.8, 4) is 0 Å². The van der Waals surface area contributed by atoms with Gasteiger partial charge in [0, 0.05) is 31.2 Å². The fraction of sp³-hybridized carbons (Fsp3) is 0.400. The van der Waals surface area contributed by atoms with Gasteiger partial charge in [0.15, 0.2) is 5.82 Å². The molecule has 2 unspecified atom stereocenters. The molecule has 1 aromatic carbocycles. The summed E-state index contributed by atoms with van der Waals surface area (Å²) >= 11 is 6.12. The summed E-state index contributed by atoms with van der Waals surface area (Å²) in [5.41, 5.74) is 2.67. The van der Waals surface area contributed by atoms with Gasteiger partial charge in [-0.2, -0.15) is 0 Å². The summed E-state index contributed by atoms with van der Waals surface area (Å²) in [7, 11) is 0. The van der Waals surface area contributed by atoms with Crippen molar-refractivity contribution in [1.29, 1.82) is 0 Å². The standard InChI is InChI=1S/C15H15ClN6/c16-11-1-2-12-13(3-11)22-8-18-20-15(22)14(19-12)21-6-9-4-17-5-10(9)7-21/h1-3,8-10,17H,4-7H2. The molecule has 0 radical (unpaired) electrons. The summed E-state index contributed by atoms with van der Waals surface area (Å²) in [6, 6.07) is 5.74. The van der Waals surface area contributed by atoms with Gasteiger partial charge in [0.05, 0.1) is 11.0 Å². The van der Waals surface area contributed by atoms with Crippen LogP contribution in [0.25, 0.3) is 16.7 Å². The van der Waals surface area contributed by atoms with E-state index in [-0.39, 0.29) is 0 Å². The molecular weight excluding hydrogens is 300 g/mol. The average Bonchev–Trinajstić information content (AvgIpc) is 3.21. The van der Waals surface area contributed by atoms with Crippen molar-refractivity contribution in [2.75, 3.05) is 31.1 Å². The highest BCUT2D eigenvalue weighted by Crippen LogP contribution is 2.32. The Morgan fingerprint density at radius 3 is 2.82 bits per heavy atom. The molecule has 1 N–H and O–H groups in total. The van der Waals surface area contributed by atoms with E-state index in [1.807, 2.05) is 22.6 Å². The number of nitrogens with one attached hydrogen (secondary N) is 1. The lowest BCUT2D eigenvalue weighted by Gasteiger charge is -2.19. The molecule has 4 heterocycles. The topological polar surface area (TPSA) is 58.4 Å². The first-order valence-electron chi connectivity index (χ1n) is 7.54. The van der Waals surface area contributed by atoms with Crippen LogP contribution in [0.4, 0.5) is 5.82 Å². The van der Waals surface area contributed by atoms with E-state index in [1.54, 1.807) is 6.33 Å². The highest BCUT2D eigenvalue weighted by atomic mass is 35.5. The van der Waals surface area contributed by atoms with Gasteiger partial charge in [0.2, 0.25) is 5.65 Å². The lowest BCUT2D eigenvalue weighted by atomic mass is 10.0. The van der Waals surface area contributed by atoms with Gasteiger partial charge in [-0.15, -0.1) is 10.2 Å². The fourth-order valence-electron chi connectivity index (χ4n) is 3.75. The smallest absolute Gasteiger partial charge is 0.204 e. The quantitative estimate of drug-likeness (QED) is 0.739. The Balaban J connectivity index is 1.69. The van der Waals surface area contributed by atoms with Crippen LogP contribution in [0, 0.1) is 11.8 Å². The molecule has 7 heteroatoms. The summed E-state index contributed by atoms with van der Waals surface area (Å²) in [4.78, 5) is 7.20. The Labute approximate surface area is 132 Å². The molecule has 0 bridgehead atoms. The lowest BCUT2D eigenvalue weighted by molar-refractivity contribution is 0.533. The third-order valence-electron chi connectivity index (χ3n) is 4.86. The van der Waals surface area contributed by atoms with Gasteiger partial charge >= 0.3 is 0 Å². The number of benzene rings is 1. The van der Waals surface area contributed by atoms with Crippen LogP contribution in [0.1, 0.15) is 0 Å². The number of hydrogen-bond donors (Lipinski definition) is 1. The third kappa shape index (κ3) is 1.74. The van der Waals surface area contributed by atoms with Crippen molar-refractivity contribution >= 4 is 34.1 Å². The Morgan fingerprint density at radius 1 is 1.18 bits per heavy atom. The van der Waals surface area contributed by atoms with Gasteiger partial charge in [0.25, 0.3) is 0 Å². The van der Waals surface area contributed by atoms with Gasteiger partial charge < -0.3 is 10.2 Å². The maximum atomic E-state index is 6.12. The van der Waals surface area contributed by atoms with E-state index >= 15 is 0 Å². The van der Waals surface area contributed by atoms with Crippen molar-refractivity contribution in [3.63, 3.8) is 0 Å². The zero-order valence-corrected chi connectivity index (χ0v) is 12.7. The molecule has 3 aromatic rings. The van der Waals surface area contributed by atoms with E-state index in [9.17, 15) is 0 Å². The maximum absolute atomic E-state index is 6.12. The van der Waals surface area contributed by atoms with Crippen LogP contribution in [0.5, 0.6) is 0 Å². The highest BCUT2D eigenvalue weighted by molar-refractivity contribution is 6.31. The van der Waals surface area contributed by atoms with Crippen LogP contribution < -0.4 is 10.2 Å². The van der Waals surface area contributed by atoms with Crippen molar-refractivity contribution in [2.24, 2.45) is 11.8 Å². The SMILES string of the molecule is Clc1ccc2nc(N3CC4CNCC4C3)c3nncn3c2c1. The Hall–Kier alpha value is -1.92. The molecule has 2 atom stereocenters. The number of anilines is 1. The summed E-state index contributed by atoms with van der Waals surface area (Å²) < 4.78 is 1.98. The minimum absolute atomic E-state index is 0.693. The van der Waals surface area contributed by atoms with Crippen LogP contribution in [-0.4, -0.2) is 45.8 Å². The van der Waals surface area contributed by atoms with E-state index in [0.717, 1.165) is 48.7 Å².